The van der Waals surface area contributed by atoms with E-state index < -0.39 is 0 Å². The lowest BCUT2D eigenvalue weighted by atomic mass is 10.0. The van der Waals surface area contributed by atoms with Crippen molar-refractivity contribution in [3.63, 3.8) is 0 Å². The minimum atomic E-state index is 1.13. The summed E-state index contributed by atoms with van der Waals surface area (Å²) >= 11 is 0. The molecule has 26 heavy (non-hydrogen) atoms. The van der Waals surface area contributed by atoms with Gasteiger partial charge in [-0.2, -0.15) is 0 Å². The Morgan fingerprint density at radius 3 is 2.54 bits per heavy atom. The van der Waals surface area contributed by atoms with Crippen molar-refractivity contribution in [1.82, 2.24) is 15.2 Å². The van der Waals surface area contributed by atoms with Crippen LogP contribution >= 0.6 is 0 Å². The molecule has 140 valence electrons. The SMILES string of the molecule is Cc1cc(C)c2nc(N3CCCC3)c(CCCN3CCNCC3)cc2c1. The quantitative estimate of drug-likeness (QED) is 0.895. The van der Waals surface area contributed by atoms with Crippen LogP contribution in [0.5, 0.6) is 0 Å². The zero-order valence-electron chi connectivity index (χ0n) is 16.4. The number of pyridine rings is 1. The number of hydrogen-bond donors (Lipinski definition) is 1. The second-order valence-corrected chi connectivity index (χ2v) is 8.01. The Kier molecular flexibility index (Phi) is 5.41. The van der Waals surface area contributed by atoms with Crippen molar-refractivity contribution < 1.29 is 0 Å². The van der Waals surface area contributed by atoms with E-state index in [0.29, 0.717) is 0 Å². The second kappa shape index (κ2) is 7.93. The van der Waals surface area contributed by atoms with E-state index in [4.69, 9.17) is 4.98 Å². The van der Waals surface area contributed by atoms with Crippen LogP contribution < -0.4 is 10.2 Å². The molecule has 4 rings (SSSR count). The highest BCUT2D eigenvalue weighted by molar-refractivity contribution is 5.85. The molecule has 2 aliphatic rings. The summed E-state index contributed by atoms with van der Waals surface area (Å²) in [6.07, 6.45) is 4.95. The molecule has 0 bridgehead atoms. The molecule has 2 fully saturated rings. The normalized spacial score (nSPS) is 18.8. The number of piperazine rings is 1. The third kappa shape index (κ3) is 3.86. The fourth-order valence-electron chi connectivity index (χ4n) is 4.50. The van der Waals surface area contributed by atoms with E-state index in [9.17, 15) is 0 Å². The summed E-state index contributed by atoms with van der Waals surface area (Å²) in [6.45, 7) is 12.5. The molecule has 0 radical (unpaired) electrons. The molecule has 4 heteroatoms. The van der Waals surface area contributed by atoms with Gasteiger partial charge in [0.1, 0.15) is 5.82 Å². The highest BCUT2D eigenvalue weighted by atomic mass is 15.2. The number of nitrogens with zero attached hydrogens (tertiary/aromatic N) is 3. The highest BCUT2D eigenvalue weighted by Crippen LogP contribution is 2.29. The zero-order chi connectivity index (χ0) is 17.9. The lowest BCUT2D eigenvalue weighted by Gasteiger charge is -2.27. The summed E-state index contributed by atoms with van der Waals surface area (Å²) in [4.78, 5) is 10.3. The lowest BCUT2D eigenvalue weighted by molar-refractivity contribution is 0.238. The van der Waals surface area contributed by atoms with E-state index in [-0.39, 0.29) is 0 Å². The van der Waals surface area contributed by atoms with E-state index in [0.717, 1.165) is 32.6 Å². The van der Waals surface area contributed by atoms with Crippen molar-refractivity contribution in [3.05, 3.63) is 34.9 Å². The van der Waals surface area contributed by atoms with Crippen LogP contribution in [0.15, 0.2) is 18.2 Å². The molecule has 4 nitrogen and oxygen atoms in total. The number of rotatable bonds is 5. The second-order valence-electron chi connectivity index (χ2n) is 8.01. The smallest absolute Gasteiger partial charge is 0.132 e. The van der Waals surface area contributed by atoms with E-state index in [2.05, 4.69) is 47.2 Å². The fraction of sp³-hybridized carbons (Fsp3) is 0.591. The fourth-order valence-corrected chi connectivity index (χ4v) is 4.50. The molecule has 1 N–H and O–H groups in total. The van der Waals surface area contributed by atoms with Crippen molar-refractivity contribution in [2.45, 2.75) is 39.5 Å². The average molecular weight is 353 g/mol. The minimum absolute atomic E-state index is 1.13. The van der Waals surface area contributed by atoms with Crippen molar-refractivity contribution in [3.8, 4) is 0 Å². The van der Waals surface area contributed by atoms with E-state index in [1.54, 1.807) is 0 Å². The highest BCUT2D eigenvalue weighted by Gasteiger charge is 2.19. The lowest BCUT2D eigenvalue weighted by Crippen LogP contribution is -2.43. The van der Waals surface area contributed by atoms with Gasteiger partial charge < -0.3 is 15.1 Å². The molecular formula is C22H32N4. The van der Waals surface area contributed by atoms with Gasteiger partial charge in [0.2, 0.25) is 0 Å². The van der Waals surface area contributed by atoms with Crippen LogP contribution in [0.3, 0.4) is 0 Å². The first kappa shape index (κ1) is 17.7. The Morgan fingerprint density at radius 1 is 1.00 bits per heavy atom. The number of anilines is 1. The molecule has 1 aromatic carbocycles. The van der Waals surface area contributed by atoms with Gasteiger partial charge in [0.25, 0.3) is 0 Å². The Labute approximate surface area is 157 Å². The third-order valence-electron chi connectivity index (χ3n) is 5.84. The van der Waals surface area contributed by atoms with Gasteiger partial charge in [-0.15, -0.1) is 0 Å². The van der Waals surface area contributed by atoms with Crippen LogP contribution in [0.2, 0.25) is 0 Å². The van der Waals surface area contributed by atoms with Crippen LogP contribution in [-0.2, 0) is 6.42 Å². The maximum Gasteiger partial charge on any atom is 0.132 e. The van der Waals surface area contributed by atoms with Gasteiger partial charge in [0, 0.05) is 44.7 Å². The summed E-state index contributed by atoms with van der Waals surface area (Å²) in [5.74, 6) is 1.25. The number of benzene rings is 1. The molecule has 0 aliphatic carbocycles. The number of aromatic nitrogens is 1. The number of hydrogen-bond acceptors (Lipinski definition) is 4. The molecule has 0 atom stereocenters. The standard InChI is InChI=1S/C22H32N4/c1-17-14-18(2)21-20(15-17)16-19(22(24-21)26-10-3-4-11-26)6-5-9-25-12-7-23-8-13-25/h14-16,23H,3-13H2,1-2H3. The molecule has 0 amide bonds. The van der Waals surface area contributed by atoms with Gasteiger partial charge >= 0.3 is 0 Å². The van der Waals surface area contributed by atoms with Crippen LogP contribution in [-0.4, -0.2) is 55.7 Å². The van der Waals surface area contributed by atoms with Crippen LogP contribution in [0.4, 0.5) is 5.82 Å². The van der Waals surface area contributed by atoms with E-state index in [1.165, 1.54) is 72.3 Å². The summed E-state index contributed by atoms with van der Waals surface area (Å²) in [5.41, 5.74) is 5.26. The van der Waals surface area contributed by atoms with Crippen molar-refractivity contribution >= 4 is 16.7 Å². The summed E-state index contributed by atoms with van der Waals surface area (Å²) < 4.78 is 0. The first-order chi connectivity index (χ1) is 12.7. The topological polar surface area (TPSA) is 31.4 Å². The minimum Gasteiger partial charge on any atom is -0.356 e. The Balaban J connectivity index is 1.58. The predicted octanol–water partition coefficient (Wildman–Crippen LogP) is 3.29. The van der Waals surface area contributed by atoms with Gasteiger partial charge in [0.05, 0.1) is 5.52 Å². The number of fused-ring (bicyclic) bond motifs is 1. The molecule has 2 saturated heterocycles. The van der Waals surface area contributed by atoms with Gasteiger partial charge in [-0.25, -0.2) is 4.98 Å². The van der Waals surface area contributed by atoms with Gasteiger partial charge in [-0.05, 0) is 69.3 Å². The summed E-state index contributed by atoms with van der Waals surface area (Å²) in [5, 5.41) is 4.75. The molecule has 3 heterocycles. The molecule has 2 aromatic rings. The van der Waals surface area contributed by atoms with Crippen molar-refractivity contribution in [1.29, 1.82) is 0 Å². The van der Waals surface area contributed by atoms with Crippen molar-refractivity contribution in [2.75, 3.05) is 50.7 Å². The number of aryl methyl sites for hydroxylation is 3. The first-order valence-corrected chi connectivity index (χ1v) is 10.3. The predicted molar refractivity (Wildman–Crippen MR) is 110 cm³/mol. The summed E-state index contributed by atoms with van der Waals surface area (Å²) in [6, 6.07) is 6.98. The maximum atomic E-state index is 5.17. The molecule has 2 aliphatic heterocycles. The largest absolute Gasteiger partial charge is 0.356 e. The van der Waals surface area contributed by atoms with Crippen LogP contribution in [0.1, 0.15) is 36.0 Å². The van der Waals surface area contributed by atoms with E-state index >= 15 is 0 Å². The molecule has 0 spiro atoms. The first-order valence-electron chi connectivity index (χ1n) is 10.3. The Hall–Kier alpha value is -1.65. The molecule has 0 saturated carbocycles. The zero-order valence-corrected chi connectivity index (χ0v) is 16.4. The maximum absolute atomic E-state index is 5.17. The van der Waals surface area contributed by atoms with Gasteiger partial charge in [0.15, 0.2) is 0 Å². The van der Waals surface area contributed by atoms with Gasteiger partial charge in [-0.3, -0.25) is 0 Å². The van der Waals surface area contributed by atoms with Crippen molar-refractivity contribution in [2.24, 2.45) is 0 Å². The molecular weight excluding hydrogens is 320 g/mol. The van der Waals surface area contributed by atoms with Crippen LogP contribution in [0.25, 0.3) is 10.9 Å². The number of nitrogens with one attached hydrogen (secondary N) is 1. The Bertz CT molecular complexity index is 758. The van der Waals surface area contributed by atoms with Crippen LogP contribution in [0, 0.1) is 13.8 Å². The monoisotopic (exact) mass is 352 g/mol. The molecule has 1 aromatic heterocycles. The summed E-state index contributed by atoms with van der Waals surface area (Å²) in [7, 11) is 0. The molecule has 0 unspecified atom stereocenters. The van der Waals surface area contributed by atoms with Gasteiger partial charge in [-0.1, -0.05) is 11.6 Å². The van der Waals surface area contributed by atoms with E-state index in [1.807, 2.05) is 0 Å². The Morgan fingerprint density at radius 2 is 1.77 bits per heavy atom. The average Bonchev–Trinajstić information content (AvgIpc) is 3.16. The third-order valence-corrected chi connectivity index (χ3v) is 5.84.